The highest BCUT2D eigenvalue weighted by Gasteiger charge is 2.35. The molecule has 0 bridgehead atoms. The van der Waals surface area contributed by atoms with Crippen molar-refractivity contribution in [1.82, 2.24) is 0 Å². The lowest BCUT2D eigenvalue weighted by Gasteiger charge is -2.36. The smallest absolute Gasteiger partial charge is 0.0867 e. The van der Waals surface area contributed by atoms with Gasteiger partial charge in [0.1, 0.15) is 0 Å². The van der Waals surface area contributed by atoms with Crippen LogP contribution in [0.1, 0.15) is 119 Å². The van der Waals surface area contributed by atoms with Gasteiger partial charge < -0.3 is 4.67 Å². The number of para-hydroxylation sites is 1. The summed E-state index contributed by atoms with van der Waals surface area (Å²) < 4.78 is 2.69. The van der Waals surface area contributed by atoms with E-state index in [9.17, 15) is 0 Å². The van der Waals surface area contributed by atoms with Crippen molar-refractivity contribution in [3.05, 3.63) is 91.0 Å². The Labute approximate surface area is 371 Å². The highest BCUT2D eigenvalue weighted by molar-refractivity contribution is 8.28. The first-order chi connectivity index (χ1) is 28.3. The molecule has 7 heteroatoms. The summed E-state index contributed by atoms with van der Waals surface area (Å²) in [5.41, 5.74) is 4.30. The second-order valence-corrected chi connectivity index (χ2v) is 32.2. The van der Waals surface area contributed by atoms with Crippen molar-refractivity contribution in [3.8, 4) is 11.1 Å². The van der Waals surface area contributed by atoms with E-state index in [2.05, 4.69) is 157 Å². The summed E-state index contributed by atoms with van der Waals surface area (Å²) in [5, 5.41) is 6.51. The van der Waals surface area contributed by atoms with Crippen molar-refractivity contribution in [2.45, 2.75) is 165 Å². The molecule has 318 valence electrons. The summed E-state index contributed by atoms with van der Waals surface area (Å²) in [6, 6.07) is 45.5. The maximum atomic E-state index is 2.76. The van der Waals surface area contributed by atoms with Crippen molar-refractivity contribution < 1.29 is 0 Å². The Morgan fingerprint density at radius 2 is 0.931 bits per heavy atom. The fourth-order valence-corrected chi connectivity index (χ4v) is 26.7. The molecule has 0 heterocycles. The second-order valence-electron chi connectivity index (χ2n) is 16.8. The SMILES string of the molecule is CCCC[Si](CCCC)(CCCC)c1ccc(P(Pc2ccc([Si](CCCC)(CCCC)CCCC)cc2-c2ccccc2SC)N(C)c2ccccc2SC)cc1. The van der Waals surface area contributed by atoms with Crippen LogP contribution in [-0.4, -0.2) is 35.7 Å². The number of anilines is 1. The maximum absolute atomic E-state index is 2.76. The fraction of sp³-hybridized carbons (Fsp3) is 0.529. The van der Waals surface area contributed by atoms with Gasteiger partial charge in [-0.3, -0.25) is 0 Å². The first kappa shape index (κ1) is 49.3. The molecule has 0 aliphatic heterocycles. The normalized spacial score (nSPS) is 12.8. The van der Waals surface area contributed by atoms with Crippen LogP contribution in [0, 0.1) is 0 Å². The minimum atomic E-state index is -1.70. The third-order valence-corrected chi connectivity index (χ3v) is 30.8. The Balaban J connectivity index is 1.94. The van der Waals surface area contributed by atoms with Crippen molar-refractivity contribution in [2.24, 2.45) is 0 Å². The van der Waals surface area contributed by atoms with E-state index in [0.717, 1.165) is 0 Å². The van der Waals surface area contributed by atoms with Crippen LogP contribution < -0.4 is 25.7 Å². The third kappa shape index (κ3) is 13.1. The Hall–Kier alpha value is -1.33. The first-order valence-electron chi connectivity index (χ1n) is 23.1. The minimum Gasteiger partial charge on any atom is -0.345 e. The Morgan fingerprint density at radius 1 is 0.500 bits per heavy atom. The monoisotopic (exact) mass is 887 g/mol. The molecule has 4 rings (SSSR count). The summed E-state index contributed by atoms with van der Waals surface area (Å²) in [5.74, 6) is 0. The largest absolute Gasteiger partial charge is 0.345 e. The number of hydrogen-bond acceptors (Lipinski definition) is 3. The van der Waals surface area contributed by atoms with E-state index in [1.165, 1.54) is 151 Å². The Kier molecular flexibility index (Phi) is 22.3. The number of unbranched alkanes of at least 4 members (excludes halogenated alkanes) is 6. The fourth-order valence-electron chi connectivity index (χ4n) is 9.16. The minimum absolute atomic E-state index is 0.665. The Bertz CT molecular complexity index is 1720. The van der Waals surface area contributed by atoms with E-state index in [1.54, 1.807) is 10.4 Å². The van der Waals surface area contributed by atoms with Crippen LogP contribution in [0.2, 0.25) is 36.3 Å². The number of thioether (sulfide) groups is 2. The van der Waals surface area contributed by atoms with Gasteiger partial charge >= 0.3 is 0 Å². The van der Waals surface area contributed by atoms with E-state index < -0.39 is 23.9 Å². The van der Waals surface area contributed by atoms with Gasteiger partial charge in [-0.15, -0.1) is 23.5 Å². The van der Waals surface area contributed by atoms with Gasteiger partial charge in [0.25, 0.3) is 0 Å². The van der Waals surface area contributed by atoms with E-state index in [1.807, 2.05) is 23.5 Å². The number of hydrogen-bond donors (Lipinski definition) is 0. The predicted octanol–water partition coefficient (Wildman–Crippen LogP) is 16.0. The van der Waals surface area contributed by atoms with Crippen LogP contribution in [0.25, 0.3) is 11.1 Å². The topological polar surface area (TPSA) is 3.24 Å². The molecule has 0 N–H and O–H groups in total. The quantitative estimate of drug-likeness (QED) is 0.0318. The van der Waals surface area contributed by atoms with Crippen LogP contribution in [0.15, 0.2) is 101 Å². The van der Waals surface area contributed by atoms with Gasteiger partial charge in [0.15, 0.2) is 0 Å². The number of rotatable bonds is 28. The molecule has 0 aliphatic rings. The molecule has 2 atom stereocenters. The van der Waals surface area contributed by atoms with Gasteiger partial charge in [-0.05, 0) is 55.4 Å². The van der Waals surface area contributed by atoms with Crippen molar-refractivity contribution in [3.63, 3.8) is 0 Å². The van der Waals surface area contributed by atoms with E-state index in [-0.39, 0.29) is 0 Å². The molecule has 0 aromatic heterocycles. The summed E-state index contributed by atoms with van der Waals surface area (Å²) in [6.45, 7) is 14.4. The number of nitrogens with zero attached hydrogens (tertiary/aromatic N) is 1. The molecule has 0 spiro atoms. The van der Waals surface area contributed by atoms with E-state index in [4.69, 9.17) is 0 Å². The summed E-state index contributed by atoms with van der Waals surface area (Å²) in [4.78, 5) is 2.77. The molecule has 0 amide bonds. The highest BCUT2D eigenvalue weighted by atomic mass is 32.2. The molecule has 0 saturated carbocycles. The van der Waals surface area contributed by atoms with E-state index in [0.29, 0.717) is 8.27 Å². The van der Waals surface area contributed by atoms with Gasteiger partial charge in [-0.25, -0.2) is 0 Å². The lowest BCUT2D eigenvalue weighted by Crippen LogP contribution is -2.48. The van der Waals surface area contributed by atoms with Crippen molar-refractivity contribution in [1.29, 1.82) is 0 Å². The summed E-state index contributed by atoms with van der Waals surface area (Å²) in [6.07, 6.45) is 20.5. The van der Waals surface area contributed by atoms with Gasteiger partial charge in [-0.1, -0.05) is 238 Å². The highest BCUT2D eigenvalue weighted by Crippen LogP contribution is 2.59. The molecule has 4 aromatic rings. The van der Waals surface area contributed by atoms with Gasteiger partial charge in [0.05, 0.1) is 21.8 Å². The Morgan fingerprint density at radius 3 is 1.41 bits per heavy atom. The molecule has 2 unspecified atom stereocenters. The van der Waals surface area contributed by atoms with Gasteiger partial charge in [0, 0.05) is 29.9 Å². The average molecular weight is 888 g/mol. The molecular formula is C51H79NP2S2Si2. The van der Waals surface area contributed by atoms with Crippen molar-refractivity contribution in [2.75, 3.05) is 24.2 Å². The maximum Gasteiger partial charge on any atom is 0.0867 e. The van der Waals surface area contributed by atoms with Crippen LogP contribution in [-0.2, 0) is 0 Å². The lowest BCUT2D eigenvalue weighted by molar-refractivity contribution is 0.800. The van der Waals surface area contributed by atoms with E-state index >= 15 is 0 Å². The average Bonchev–Trinajstić information content (AvgIpc) is 3.27. The number of benzene rings is 4. The predicted molar refractivity (Wildman–Crippen MR) is 280 cm³/mol. The molecule has 4 aromatic carbocycles. The van der Waals surface area contributed by atoms with Gasteiger partial charge in [-0.2, -0.15) is 0 Å². The van der Waals surface area contributed by atoms with Crippen molar-refractivity contribution >= 4 is 82.4 Å². The standard InChI is InChI=1S/C51H79NP2S2Si2/c1-10-16-36-57(37-17-11-2,38-18-12-3)44-32-30-43(31-33-44)54(52(7)48-27-23-25-29-51(48)56-9)53-49-35-34-45(42-47(49)46-26-22-24-28-50(46)55-8)58(39-19-13-4,40-20-14-5)41-21-15-6/h22-35,42,53H,10-21,36-41H2,1-9H3. The zero-order valence-corrected chi connectivity index (χ0v) is 43.6. The summed E-state index contributed by atoms with van der Waals surface area (Å²) in [7, 11) is -0.928. The lowest BCUT2D eigenvalue weighted by atomic mass is 10.1. The van der Waals surface area contributed by atoms with Crippen LogP contribution in [0.3, 0.4) is 0 Å². The molecular weight excluding hydrogens is 809 g/mol. The van der Waals surface area contributed by atoms with Crippen LogP contribution in [0.4, 0.5) is 5.69 Å². The zero-order chi connectivity index (χ0) is 41.8. The molecule has 0 aliphatic carbocycles. The first-order valence-corrected chi connectivity index (χ1v) is 33.9. The summed E-state index contributed by atoms with van der Waals surface area (Å²) >= 11 is 3.79. The molecule has 1 nitrogen and oxygen atoms in total. The zero-order valence-electron chi connectivity index (χ0n) is 38.1. The molecule has 0 radical (unpaired) electrons. The second kappa shape index (κ2) is 26.2. The molecule has 0 fully saturated rings. The third-order valence-electron chi connectivity index (χ3n) is 12.8. The van der Waals surface area contributed by atoms with Gasteiger partial charge in [0.2, 0.25) is 0 Å². The van der Waals surface area contributed by atoms with Crippen LogP contribution >= 0.6 is 39.6 Å². The molecule has 0 saturated heterocycles. The molecule has 58 heavy (non-hydrogen) atoms. The van der Waals surface area contributed by atoms with Crippen LogP contribution in [0.5, 0.6) is 0 Å².